The zero-order valence-electron chi connectivity index (χ0n) is 7.57. The van der Waals surface area contributed by atoms with Crippen molar-refractivity contribution in [3.8, 4) is 0 Å². The number of ether oxygens (including phenoxy) is 1. The lowest BCUT2D eigenvalue weighted by Crippen LogP contribution is -2.09. The second kappa shape index (κ2) is 10.2. The molecule has 0 aliphatic heterocycles. The highest BCUT2D eigenvalue weighted by Gasteiger charge is 2.01. The van der Waals surface area contributed by atoms with E-state index in [4.69, 9.17) is 5.11 Å². The van der Waals surface area contributed by atoms with Gasteiger partial charge in [-0.15, -0.1) is 0 Å². The molecule has 0 amide bonds. The molecule has 0 aliphatic carbocycles. The molecule has 3 nitrogen and oxygen atoms in total. The lowest BCUT2D eigenvalue weighted by molar-refractivity contribution is -0.144. The van der Waals surface area contributed by atoms with Crippen LogP contribution in [0.15, 0.2) is 0 Å². The van der Waals surface area contributed by atoms with E-state index in [1.807, 2.05) is 0 Å². The summed E-state index contributed by atoms with van der Waals surface area (Å²) >= 11 is 5.80. The van der Waals surface area contributed by atoms with E-state index >= 15 is 0 Å². The third-order valence-corrected chi connectivity index (χ3v) is 2.64. The predicted octanol–water partition coefficient (Wildman–Crippen LogP) is 0.965. The van der Waals surface area contributed by atoms with Gasteiger partial charge in [0.1, 0.15) is 6.61 Å². The van der Waals surface area contributed by atoms with Gasteiger partial charge in [0, 0.05) is 5.75 Å². The van der Waals surface area contributed by atoms with Crippen molar-refractivity contribution in [1.29, 1.82) is 0 Å². The largest absolute Gasteiger partial charge is 0.463 e. The molecule has 0 bridgehead atoms. The molecule has 0 saturated heterocycles. The number of hydrogen-bond donors (Lipinski definition) is 2. The molecular weight excluding hydrogens is 208 g/mol. The van der Waals surface area contributed by atoms with Crippen LogP contribution in [0.25, 0.3) is 0 Å². The van der Waals surface area contributed by atoms with Crippen molar-refractivity contribution in [2.24, 2.45) is 0 Å². The van der Waals surface area contributed by atoms with Crippen molar-refractivity contribution in [2.75, 3.05) is 30.5 Å². The second-order valence-corrected chi connectivity index (χ2v) is 4.06. The number of rotatable bonds is 8. The first-order chi connectivity index (χ1) is 6.31. The molecule has 0 aromatic rings. The normalized spacial score (nSPS) is 10.0. The van der Waals surface area contributed by atoms with Crippen LogP contribution in [0.2, 0.25) is 0 Å². The predicted molar refractivity (Wildman–Crippen MR) is 58.5 cm³/mol. The van der Waals surface area contributed by atoms with Crippen LogP contribution in [0, 0.1) is 0 Å². The minimum Gasteiger partial charge on any atom is -0.463 e. The lowest BCUT2D eigenvalue weighted by atomic mass is 10.5. The quantitative estimate of drug-likeness (QED) is 0.366. The molecule has 0 radical (unpaired) electrons. The van der Waals surface area contributed by atoms with Crippen molar-refractivity contribution in [2.45, 2.75) is 12.8 Å². The molecule has 1 N–H and O–H groups in total. The number of thiol groups is 1. The van der Waals surface area contributed by atoms with E-state index in [-0.39, 0.29) is 19.2 Å². The molecule has 0 fully saturated rings. The Labute approximate surface area is 88.6 Å². The number of carbonyl (C=O) groups is 1. The van der Waals surface area contributed by atoms with Crippen molar-refractivity contribution in [1.82, 2.24) is 0 Å². The number of esters is 1. The van der Waals surface area contributed by atoms with Crippen LogP contribution in [-0.4, -0.2) is 41.5 Å². The smallest absolute Gasteiger partial charge is 0.306 e. The van der Waals surface area contributed by atoms with Gasteiger partial charge >= 0.3 is 5.97 Å². The van der Waals surface area contributed by atoms with Gasteiger partial charge in [-0.25, -0.2) is 0 Å². The molecule has 0 spiro atoms. The zero-order valence-corrected chi connectivity index (χ0v) is 9.28. The minimum atomic E-state index is -0.229. The Bertz CT molecular complexity index is 131. The maximum Gasteiger partial charge on any atom is 0.306 e. The van der Waals surface area contributed by atoms with E-state index in [2.05, 4.69) is 17.4 Å². The van der Waals surface area contributed by atoms with E-state index in [0.29, 0.717) is 6.42 Å². The van der Waals surface area contributed by atoms with Gasteiger partial charge < -0.3 is 9.84 Å². The van der Waals surface area contributed by atoms with Gasteiger partial charge in [-0.05, 0) is 17.9 Å². The molecule has 0 aromatic heterocycles. The summed E-state index contributed by atoms with van der Waals surface area (Å²) in [6.45, 7) is 0.0126. The maximum absolute atomic E-state index is 10.9. The van der Waals surface area contributed by atoms with Crippen molar-refractivity contribution in [3.05, 3.63) is 0 Å². The zero-order chi connectivity index (χ0) is 9.94. The summed E-state index contributed by atoms with van der Waals surface area (Å²) in [6, 6.07) is 0. The SMILES string of the molecule is O=C(CCSCCCS)OCCO. The van der Waals surface area contributed by atoms with Gasteiger partial charge in [0.15, 0.2) is 0 Å². The van der Waals surface area contributed by atoms with Gasteiger partial charge in [0.25, 0.3) is 0 Å². The van der Waals surface area contributed by atoms with E-state index in [0.717, 1.165) is 23.7 Å². The molecule has 0 atom stereocenters. The number of aliphatic hydroxyl groups excluding tert-OH is 1. The van der Waals surface area contributed by atoms with Crippen LogP contribution >= 0.6 is 24.4 Å². The number of hydrogen-bond acceptors (Lipinski definition) is 5. The maximum atomic E-state index is 10.9. The topological polar surface area (TPSA) is 46.5 Å². The van der Waals surface area contributed by atoms with Crippen molar-refractivity contribution >= 4 is 30.4 Å². The summed E-state index contributed by atoms with van der Waals surface area (Å²) in [4.78, 5) is 10.9. The fraction of sp³-hybridized carbons (Fsp3) is 0.875. The molecule has 0 heterocycles. The van der Waals surface area contributed by atoms with Gasteiger partial charge in [0.2, 0.25) is 0 Å². The Balaban J connectivity index is 3.08. The Morgan fingerprint density at radius 2 is 2.23 bits per heavy atom. The van der Waals surface area contributed by atoms with E-state index < -0.39 is 0 Å². The molecule has 0 aliphatic rings. The van der Waals surface area contributed by atoms with E-state index in [9.17, 15) is 4.79 Å². The Morgan fingerprint density at radius 3 is 2.85 bits per heavy atom. The standard InChI is InChI=1S/C8H16O3S2/c9-3-4-11-8(10)2-7-13-6-1-5-12/h9,12H,1-7H2. The third kappa shape index (κ3) is 10.0. The number of thioether (sulfide) groups is 1. The first-order valence-corrected chi connectivity index (χ1v) is 6.05. The second-order valence-electron chi connectivity index (χ2n) is 2.38. The van der Waals surface area contributed by atoms with Crippen LogP contribution in [0.5, 0.6) is 0 Å². The van der Waals surface area contributed by atoms with Crippen LogP contribution in [0.3, 0.4) is 0 Å². The summed E-state index contributed by atoms with van der Waals surface area (Å²) in [5.41, 5.74) is 0. The summed E-state index contributed by atoms with van der Waals surface area (Å²) < 4.78 is 4.68. The third-order valence-electron chi connectivity index (χ3n) is 1.25. The number of aliphatic hydroxyl groups is 1. The first kappa shape index (κ1) is 13.1. The summed E-state index contributed by atoms with van der Waals surface area (Å²) in [7, 11) is 0. The van der Waals surface area contributed by atoms with Crippen LogP contribution in [-0.2, 0) is 9.53 Å². The van der Waals surface area contributed by atoms with Crippen LogP contribution in [0.4, 0.5) is 0 Å². The van der Waals surface area contributed by atoms with Gasteiger partial charge in [-0.2, -0.15) is 24.4 Å². The monoisotopic (exact) mass is 224 g/mol. The highest BCUT2D eigenvalue weighted by atomic mass is 32.2. The van der Waals surface area contributed by atoms with E-state index in [1.54, 1.807) is 11.8 Å². The van der Waals surface area contributed by atoms with Gasteiger partial charge in [0.05, 0.1) is 13.0 Å². The highest BCUT2D eigenvalue weighted by molar-refractivity contribution is 7.99. The minimum absolute atomic E-state index is 0.0987. The average Bonchev–Trinajstić information content (AvgIpc) is 2.14. The van der Waals surface area contributed by atoms with Crippen molar-refractivity contribution in [3.63, 3.8) is 0 Å². The Kier molecular flexibility index (Phi) is 10.3. The first-order valence-electron chi connectivity index (χ1n) is 4.26. The lowest BCUT2D eigenvalue weighted by Gasteiger charge is -2.02. The molecule has 0 unspecified atom stereocenters. The molecule has 78 valence electrons. The Morgan fingerprint density at radius 1 is 1.46 bits per heavy atom. The van der Waals surface area contributed by atoms with Gasteiger partial charge in [-0.1, -0.05) is 0 Å². The fourth-order valence-electron chi connectivity index (χ4n) is 0.656. The fourth-order valence-corrected chi connectivity index (χ4v) is 1.89. The van der Waals surface area contributed by atoms with Crippen LogP contribution < -0.4 is 0 Å². The molecule has 0 rings (SSSR count). The Hall–Kier alpha value is 0.130. The summed E-state index contributed by atoms with van der Waals surface area (Å²) in [5.74, 6) is 2.49. The van der Waals surface area contributed by atoms with Crippen molar-refractivity contribution < 1.29 is 14.6 Å². The highest BCUT2D eigenvalue weighted by Crippen LogP contribution is 2.05. The van der Waals surface area contributed by atoms with E-state index in [1.165, 1.54) is 0 Å². The molecule has 0 aromatic carbocycles. The molecule has 0 saturated carbocycles. The van der Waals surface area contributed by atoms with Gasteiger partial charge in [-0.3, -0.25) is 4.79 Å². The summed E-state index contributed by atoms with van der Waals surface area (Å²) in [6.07, 6.45) is 1.50. The molecular formula is C8H16O3S2. The van der Waals surface area contributed by atoms with Crippen LogP contribution in [0.1, 0.15) is 12.8 Å². The number of carbonyl (C=O) groups excluding carboxylic acids is 1. The molecule has 5 heteroatoms. The molecule has 13 heavy (non-hydrogen) atoms. The summed E-state index contributed by atoms with van der Waals surface area (Å²) in [5, 5.41) is 8.37. The average molecular weight is 224 g/mol.